The molecule has 17 heavy (non-hydrogen) atoms. The number of ether oxygens (including phenoxy) is 1. The molecule has 2 heterocycles. The van der Waals surface area contributed by atoms with Crippen LogP contribution < -0.4 is 0 Å². The molecule has 2 atom stereocenters. The first kappa shape index (κ1) is 10.9. The van der Waals surface area contributed by atoms with Crippen molar-refractivity contribution in [2.45, 2.75) is 31.4 Å². The van der Waals surface area contributed by atoms with Crippen LogP contribution >= 0.6 is 11.6 Å². The number of halogens is 1. The van der Waals surface area contributed by atoms with Crippen molar-refractivity contribution in [3.05, 3.63) is 34.9 Å². The molecule has 0 saturated carbocycles. The minimum Gasteiger partial charge on any atom is -0.455 e. The largest absolute Gasteiger partial charge is 0.455 e. The van der Waals surface area contributed by atoms with Crippen LogP contribution in [0.2, 0.25) is 5.02 Å². The lowest BCUT2D eigenvalue weighted by Crippen LogP contribution is -2.38. The number of nitrogens with zero attached hydrogens (tertiary/aromatic N) is 1. The summed E-state index contributed by atoms with van der Waals surface area (Å²) in [5.41, 5.74) is 1.08. The molecule has 4 heteroatoms. The third kappa shape index (κ3) is 1.89. The number of hydrogen-bond acceptors (Lipinski definition) is 2. The van der Waals surface area contributed by atoms with Gasteiger partial charge in [0.05, 0.1) is 6.04 Å². The van der Waals surface area contributed by atoms with Gasteiger partial charge in [0.25, 0.3) is 6.02 Å². The van der Waals surface area contributed by atoms with E-state index in [0.29, 0.717) is 12.1 Å². The maximum absolute atomic E-state index is 7.88. The highest BCUT2D eigenvalue weighted by molar-refractivity contribution is 6.30. The molecule has 2 saturated heterocycles. The summed E-state index contributed by atoms with van der Waals surface area (Å²) in [6.07, 6.45) is 3.44. The Morgan fingerprint density at radius 2 is 2.24 bits per heavy atom. The number of nitrogens with one attached hydrogen (secondary N) is 1. The van der Waals surface area contributed by atoms with E-state index in [2.05, 4.69) is 4.90 Å². The van der Waals surface area contributed by atoms with Crippen molar-refractivity contribution in [3.8, 4) is 0 Å². The van der Waals surface area contributed by atoms with E-state index in [-0.39, 0.29) is 6.10 Å². The highest BCUT2D eigenvalue weighted by Gasteiger charge is 2.41. The third-order valence-corrected chi connectivity index (χ3v) is 3.81. The molecule has 1 aromatic rings. The number of amidine groups is 1. The van der Waals surface area contributed by atoms with E-state index in [1.165, 1.54) is 6.42 Å². The van der Waals surface area contributed by atoms with E-state index >= 15 is 0 Å². The van der Waals surface area contributed by atoms with Gasteiger partial charge in [-0.05, 0) is 37.0 Å². The van der Waals surface area contributed by atoms with Crippen molar-refractivity contribution in [1.82, 2.24) is 4.90 Å². The molecule has 0 radical (unpaired) electrons. The summed E-state index contributed by atoms with van der Waals surface area (Å²) >= 11 is 6.01. The van der Waals surface area contributed by atoms with Gasteiger partial charge in [-0.2, -0.15) is 0 Å². The Kier molecular flexibility index (Phi) is 2.71. The fraction of sp³-hybridized carbons (Fsp3) is 0.462. The number of hydrogen-bond donors (Lipinski definition) is 1. The molecule has 3 rings (SSSR count). The summed E-state index contributed by atoms with van der Waals surface area (Å²) in [6, 6.07) is 8.41. The second kappa shape index (κ2) is 4.22. The van der Waals surface area contributed by atoms with Gasteiger partial charge in [-0.3, -0.25) is 5.41 Å². The fourth-order valence-corrected chi connectivity index (χ4v) is 2.96. The Balaban J connectivity index is 1.91. The maximum Gasteiger partial charge on any atom is 0.285 e. The zero-order valence-corrected chi connectivity index (χ0v) is 10.3. The van der Waals surface area contributed by atoms with Crippen molar-refractivity contribution in [1.29, 1.82) is 5.41 Å². The molecule has 1 N–H and O–H groups in total. The highest BCUT2D eigenvalue weighted by atomic mass is 35.5. The second-order valence-electron chi connectivity index (χ2n) is 4.66. The summed E-state index contributed by atoms with van der Waals surface area (Å²) in [7, 11) is 0. The number of piperidine rings is 1. The summed E-state index contributed by atoms with van der Waals surface area (Å²) < 4.78 is 5.70. The summed E-state index contributed by atoms with van der Waals surface area (Å²) in [5.74, 6) is 0. The molecule has 0 bridgehead atoms. The first-order valence-corrected chi connectivity index (χ1v) is 6.41. The Labute approximate surface area is 106 Å². The molecular weight excluding hydrogens is 236 g/mol. The average molecular weight is 251 g/mol. The van der Waals surface area contributed by atoms with Gasteiger partial charge in [0.1, 0.15) is 6.10 Å². The van der Waals surface area contributed by atoms with Crippen LogP contribution in [0.4, 0.5) is 0 Å². The van der Waals surface area contributed by atoms with Gasteiger partial charge in [-0.1, -0.05) is 23.7 Å². The lowest BCUT2D eigenvalue weighted by atomic mass is 9.94. The fourth-order valence-electron chi connectivity index (χ4n) is 2.76. The first-order chi connectivity index (χ1) is 8.25. The van der Waals surface area contributed by atoms with Gasteiger partial charge in [-0.25, -0.2) is 0 Å². The molecule has 2 aliphatic heterocycles. The smallest absolute Gasteiger partial charge is 0.285 e. The molecule has 3 nitrogen and oxygen atoms in total. The van der Waals surface area contributed by atoms with Crippen LogP contribution in [0.25, 0.3) is 0 Å². The van der Waals surface area contributed by atoms with Crippen LogP contribution in [-0.2, 0) is 4.74 Å². The van der Waals surface area contributed by atoms with Gasteiger partial charge in [0.15, 0.2) is 0 Å². The van der Waals surface area contributed by atoms with E-state index in [9.17, 15) is 0 Å². The lowest BCUT2D eigenvalue weighted by molar-refractivity contribution is 0.167. The van der Waals surface area contributed by atoms with E-state index in [4.69, 9.17) is 21.7 Å². The number of fused-ring (bicyclic) bond motifs is 1. The molecule has 0 spiro atoms. The van der Waals surface area contributed by atoms with Gasteiger partial charge in [-0.15, -0.1) is 0 Å². The predicted octanol–water partition coefficient (Wildman–Crippen LogP) is 3.20. The van der Waals surface area contributed by atoms with Crippen LogP contribution in [0.3, 0.4) is 0 Å². The molecule has 0 amide bonds. The minimum absolute atomic E-state index is 0.0264. The van der Waals surface area contributed by atoms with Crippen LogP contribution in [0.15, 0.2) is 24.3 Å². The zero-order chi connectivity index (χ0) is 11.8. The Morgan fingerprint density at radius 3 is 3.06 bits per heavy atom. The van der Waals surface area contributed by atoms with Crippen LogP contribution in [-0.4, -0.2) is 23.5 Å². The molecular formula is C13H15ClN2O. The highest BCUT2D eigenvalue weighted by Crippen LogP contribution is 2.37. The second-order valence-corrected chi connectivity index (χ2v) is 5.09. The van der Waals surface area contributed by atoms with Crippen molar-refractivity contribution < 1.29 is 4.74 Å². The molecule has 1 aromatic carbocycles. The summed E-state index contributed by atoms with van der Waals surface area (Å²) in [4.78, 5) is 2.08. The monoisotopic (exact) mass is 250 g/mol. The molecule has 2 aliphatic rings. The standard InChI is InChI=1S/C13H15ClN2O/c14-10-5-3-4-9(8-10)12-11-6-1-2-7-16(11)13(15)17-12/h3-5,8,11-12,15H,1-2,6-7H2/t11-,12-/m1/s1. The van der Waals surface area contributed by atoms with Crippen molar-refractivity contribution in [3.63, 3.8) is 0 Å². The number of benzene rings is 1. The average Bonchev–Trinajstić information content (AvgIpc) is 2.68. The lowest BCUT2D eigenvalue weighted by Gasteiger charge is -2.29. The zero-order valence-electron chi connectivity index (χ0n) is 9.53. The normalized spacial score (nSPS) is 27.8. The van der Waals surface area contributed by atoms with Crippen molar-refractivity contribution in [2.24, 2.45) is 0 Å². The Morgan fingerprint density at radius 1 is 1.35 bits per heavy atom. The first-order valence-electron chi connectivity index (χ1n) is 6.03. The molecule has 0 aliphatic carbocycles. The summed E-state index contributed by atoms with van der Waals surface area (Å²) in [6.45, 7) is 0.945. The van der Waals surface area contributed by atoms with E-state index < -0.39 is 0 Å². The Hall–Kier alpha value is -1.22. The maximum atomic E-state index is 7.88. The van der Waals surface area contributed by atoms with Crippen molar-refractivity contribution >= 4 is 17.6 Å². The molecule has 90 valence electrons. The van der Waals surface area contributed by atoms with Crippen LogP contribution in [0.5, 0.6) is 0 Å². The van der Waals surface area contributed by atoms with Crippen LogP contribution in [0, 0.1) is 5.41 Å². The molecule has 0 aromatic heterocycles. The minimum atomic E-state index is -0.0264. The van der Waals surface area contributed by atoms with Gasteiger partial charge in [0.2, 0.25) is 0 Å². The van der Waals surface area contributed by atoms with E-state index in [1.807, 2.05) is 24.3 Å². The van der Waals surface area contributed by atoms with Gasteiger partial charge < -0.3 is 9.64 Å². The molecule has 2 fully saturated rings. The Bertz CT molecular complexity index is 449. The quantitative estimate of drug-likeness (QED) is 0.831. The molecule has 0 unspecified atom stereocenters. The summed E-state index contributed by atoms with van der Waals surface area (Å²) in [5, 5.41) is 8.61. The third-order valence-electron chi connectivity index (χ3n) is 3.58. The van der Waals surface area contributed by atoms with Gasteiger partial charge >= 0.3 is 0 Å². The van der Waals surface area contributed by atoms with E-state index in [1.54, 1.807) is 0 Å². The van der Waals surface area contributed by atoms with E-state index in [0.717, 1.165) is 30.0 Å². The van der Waals surface area contributed by atoms with Gasteiger partial charge in [0, 0.05) is 11.6 Å². The number of rotatable bonds is 1. The SMILES string of the molecule is N=C1O[C@H](c2cccc(Cl)c2)[C@H]2CCCCN12. The predicted molar refractivity (Wildman–Crippen MR) is 67.3 cm³/mol. The topological polar surface area (TPSA) is 36.3 Å². The van der Waals surface area contributed by atoms with Crippen molar-refractivity contribution in [2.75, 3.05) is 6.54 Å². The van der Waals surface area contributed by atoms with Crippen LogP contribution in [0.1, 0.15) is 30.9 Å².